The lowest BCUT2D eigenvalue weighted by Gasteiger charge is -2.26. The van der Waals surface area contributed by atoms with E-state index >= 15 is 0 Å². The number of anilines is 1. The molecule has 3 aromatic carbocycles. The number of aromatic hydroxyl groups is 1. The molecule has 174 valence electrons. The predicted molar refractivity (Wildman–Crippen MR) is 131 cm³/mol. The van der Waals surface area contributed by atoms with E-state index in [1.165, 1.54) is 17.0 Å². The molecule has 1 aliphatic rings. The van der Waals surface area contributed by atoms with E-state index in [1.807, 2.05) is 45.9 Å². The Bertz CT molecular complexity index is 1290. The molecule has 6 heteroatoms. The van der Waals surface area contributed by atoms with E-state index < -0.39 is 17.7 Å². The highest BCUT2D eigenvalue weighted by Crippen LogP contribution is 2.42. The Labute approximate surface area is 198 Å². The first-order chi connectivity index (χ1) is 16.2. The molecule has 4 rings (SSSR count). The van der Waals surface area contributed by atoms with Crippen LogP contribution in [0.3, 0.4) is 0 Å². The average Bonchev–Trinajstić information content (AvgIpc) is 3.05. The van der Waals surface area contributed by atoms with Crippen LogP contribution in [0.2, 0.25) is 0 Å². The van der Waals surface area contributed by atoms with Crippen LogP contribution in [0.1, 0.15) is 42.1 Å². The molecule has 0 aliphatic carbocycles. The summed E-state index contributed by atoms with van der Waals surface area (Å²) in [6.45, 7) is 7.62. The number of phenolic OH excluding ortho intramolecular Hbond substituents is 1. The summed E-state index contributed by atoms with van der Waals surface area (Å²) in [7, 11) is 0. The van der Waals surface area contributed by atoms with Crippen molar-refractivity contribution < 1.29 is 24.5 Å². The van der Waals surface area contributed by atoms with Crippen LogP contribution in [0, 0.1) is 13.8 Å². The number of ketones is 1. The summed E-state index contributed by atoms with van der Waals surface area (Å²) < 4.78 is 5.78. The van der Waals surface area contributed by atoms with E-state index in [0.717, 1.165) is 11.1 Å². The highest BCUT2D eigenvalue weighted by molar-refractivity contribution is 6.51. The summed E-state index contributed by atoms with van der Waals surface area (Å²) in [6, 6.07) is 17.9. The maximum Gasteiger partial charge on any atom is 0.300 e. The van der Waals surface area contributed by atoms with Crippen LogP contribution in [0.15, 0.2) is 72.3 Å². The summed E-state index contributed by atoms with van der Waals surface area (Å²) in [6.07, 6.45) is -0.00713. The van der Waals surface area contributed by atoms with Gasteiger partial charge in [-0.3, -0.25) is 14.5 Å². The molecule has 0 saturated carbocycles. The molecule has 6 nitrogen and oxygen atoms in total. The molecule has 1 saturated heterocycles. The van der Waals surface area contributed by atoms with Gasteiger partial charge in [-0.2, -0.15) is 0 Å². The van der Waals surface area contributed by atoms with Crippen molar-refractivity contribution in [2.45, 2.75) is 39.8 Å². The van der Waals surface area contributed by atoms with Crippen LogP contribution in [-0.2, 0) is 9.59 Å². The molecule has 0 spiro atoms. The summed E-state index contributed by atoms with van der Waals surface area (Å²) in [5.41, 5.74) is 3.29. The second kappa shape index (κ2) is 9.06. The number of nitrogens with zero attached hydrogens (tertiary/aromatic N) is 1. The predicted octanol–water partition coefficient (Wildman–Crippen LogP) is 5.42. The minimum Gasteiger partial charge on any atom is -0.508 e. The van der Waals surface area contributed by atoms with E-state index in [-0.39, 0.29) is 23.2 Å². The van der Waals surface area contributed by atoms with E-state index in [1.54, 1.807) is 36.4 Å². The largest absolute Gasteiger partial charge is 0.508 e. The molecular formula is C28H27NO5. The average molecular weight is 458 g/mol. The van der Waals surface area contributed by atoms with Crippen molar-refractivity contribution in [3.05, 3.63) is 94.6 Å². The maximum absolute atomic E-state index is 13.3. The molecule has 1 amide bonds. The number of Topliss-reactive ketones (excluding diaryl/α,β-unsaturated/α-hetero) is 1. The molecule has 0 radical (unpaired) electrons. The Hall–Kier alpha value is -4.06. The van der Waals surface area contributed by atoms with Gasteiger partial charge in [-0.15, -0.1) is 0 Å². The van der Waals surface area contributed by atoms with Crippen molar-refractivity contribution in [1.29, 1.82) is 0 Å². The molecule has 34 heavy (non-hydrogen) atoms. The number of aliphatic hydroxyl groups is 1. The van der Waals surface area contributed by atoms with Gasteiger partial charge < -0.3 is 14.9 Å². The van der Waals surface area contributed by atoms with Crippen LogP contribution in [0.4, 0.5) is 5.69 Å². The number of hydrogen-bond donors (Lipinski definition) is 2. The van der Waals surface area contributed by atoms with E-state index in [4.69, 9.17) is 4.74 Å². The van der Waals surface area contributed by atoms with E-state index in [9.17, 15) is 19.8 Å². The molecule has 3 aromatic rings. The Kier molecular flexibility index (Phi) is 6.16. The summed E-state index contributed by atoms with van der Waals surface area (Å²) in [5.74, 6) is -1.00. The smallest absolute Gasteiger partial charge is 0.300 e. The SMILES string of the molecule is Cc1cccc(N2C(=O)C(=O)/C(=C(\O)c3ccc(OC(C)C)c(C)c3)C2c2ccc(O)cc2)c1. The van der Waals surface area contributed by atoms with E-state index in [0.29, 0.717) is 22.6 Å². The third kappa shape index (κ3) is 4.27. The monoisotopic (exact) mass is 457 g/mol. The fourth-order valence-electron chi connectivity index (χ4n) is 4.19. The minimum absolute atomic E-state index is 0.00544. The van der Waals surface area contributed by atoms with Crippen molar-refractivity contribution >= 4 is 23.1 Å². The zero-order valence-corrected chi connectivity index (χ0v) is 19.6. The fraction of sp³-hybridized carbons (Fsp3) is 0.214. The van der Waals surface area contributed by atoms with Crippen LogP contribution in [-0.4, -0.2) is 28.0 Å². The quantitative estimate of drug-likeness (QED) is 0.303. The van der Waals surface area contributed by atoms with Crippen molar-refractivity contribution in [3.8, 4) is 11.5 Å². The molecule has 1 fully saturated rings. The third-order valence-electron chi connectivity index (χ3n) is 5.74. The van der Waals surface area contributed by atoms with Crippen LogP contribution in [0.5, 0.6) is 11.5 Å². The van der Waals surface area contributed by atoms with E-state index in [2.05, 4.69) is 0 Å². The normalized spacial score (nSPS) is 17.4. The number of carbonyl (C=O) groups is 2. The lowest BCUT2D eigenvalue weighted by molar-refractivity contribution is -0.132. The number of ether oxygens (including phenoxy) is 1. The highest BCUT2D eigenvalue weighted by atomic mass is 16.5. The molecule has 1 heterocycles. The lowest BCUT2D eigenvalue weighted by atomic mass is 9.94. The first-order valence-electron chi connectivity index (χ1n) is 11.1. The van der Waals surface area contributed by atoms with Gasteiger partial charge in [0.2, 0.25) is 0 Å². The zero-order chi connectivity index (χ0) is 24.6. The summed E-state index contributed by atoms with van der Waals surface area (Å²) in [4.78, 5) is 27.9. The third-order valence-corrected chi connectivity index (χ3v) is 5.74. The fourth-order valence-corrected chi connectivity index (χ4v) is 4.19. The number of phenols is 1. The number of rotatable bonds is 5. The van der Waals surface area contributed by atoms with Gasteiger partial charge in [0, 0.05) is 11.3 Å². The highest BCUT2D eigenvalue weighted by Gasteiger charge is 2.47. The Morgan fingerprint density at radius 2 is 1.68 bits per heavy atom. The first kappa shape index (κ1) is 23.1. The van der Waals surface area contributed by atoms with Crippen LogP contribution in [0.25, 0.3) is 5.76 Å². The second-order valence-electron chi connectivity index (χ2n) is 8.75. The maximum atomic E-state index is 13.3. The number of aliphatic hydroxyl groups excluding tert-OH is 1. The molecule has 0 bridgehead atoms. The van der Waals surface area contributed by atoms with Gasteiger partial charge in [0.25, 0.3) is 11.7 Å². The van der Waals surface area contributed by atoms with Gasteiger partial charge >= 0.3 is 0 Å². The minimum atomic E-state index is -0.853. The summed E-state index contributed by atoms with van der Waals surface area (Å²) in [5, 5.41) is 21.1. The van der Waals surface area contributed by atoms with Gasteiger partial charge in [-0.05, 0) is 86.8 Å². The molecule has 0 aromatic heterocycles. The summed E-state index contributed by atoms with van der Waals surface area (Å²) >= 11 is 0. The van der Waals surface area contributed by atoms with Crippen molar-refractivity contribution in [1.82, 2.24) is 0 Å². The topological polar surface area (TPSA) is 87.1 Å². The number of aryl methyl sites for hydroxylation is 2. The standard InChI is InChI=1S/C28H27NO5/c1-16(2)34-23-13-10-20(15-18(23)4)26(31)24-25(19-8-11-22(30)12-9-19)29(28(33)27(24)32)21-7-5-6-17(3)14-21/h5-16,25,30-31H,1-4H3/b26-24-. The first-order valence-corrected chi connectivity index (χ1v) is 11.1. The molecule has 2 N–H and O–H groups in total. The molecular weight excluding hydrogens is 430 g/mol. The van der Waals surface area contributed by atoms with Gasteiger partial charge in [0.1, 0.15) is 17.3 Å². The van der Waals surface area contributed by atoms with Crippen LogP contribution < -0.4 is 9.64 Å². The van der Waals surface area contributed by atoms with Crippen molar-refractivity contribution in [2.24, 2.45) is 0 Å². The van der Waals surface area contributed by atoms with Crippen LogP contribution >= 0.6 is 0 Å². The van der Waals surface area contributed by atoms with Crippen molar-refractivity contribution in [2.75, 3.05) is 4.90 Å². The van der Waals surface area contributed by atoms with Gasteiger partial charge in [-0.25, -0.2) is 0 Å². The van der Waals surface area contributed by atoms with Crippen molar-refractivity contribution in [3.63, 3.8) is 0 Å². The Morgan fingerprint density at radius 3 is 2.29 bits per heavy atom. The Morgan fingerprint density at radius 1 is 0.971 bits per heavy atom. The van der Waals surface area contributed by atoms with Gasteiger partial charge in [0.15, 0.2) is 0 Å². The molecule has 1 aliphatic heterocycles. The Balaban J connectivity index is 1.89. The number of carbonyl (C=O) groups excluding carboxylic acids is 2. The van der Waals surface area contributed by atoms with Gasteiger partial charge in [0.05, 0.1) is 17.7 Å². The molecule has 1 atom stereocenters. The zero-order valence-electron chi connectivity index (χ0n) is 19.6. The molecule has 1 unspecified atom stereocenters. The van der Waals surface area contributed by atoms with Gasteiger partial charge in [-0.1, -0.05) is 24.3 Å². The number of benzene rings is 3. The number of amides is 1. The second-order valence-corrected chi connectivity index (χ2v) is 8.75. The number of hydrogen-bond acceptors (Lipinski definition) is 5. The lowest BCUT2D eigenvalue weighted by Crippen LogP contribution is -2.29.